The third kappa shape index (κ3) is 18.1. The van der Waals surface area contributed by atoms with Gasteiger partial charge in [-0.2, -0.15) is 0 Å². The van der Waals surface area contributed by atoms with Gasteiger partial charge in [0.15, 0.2) is 0 Å². The van der Waals surface area contributed by atoms with E-state index in [9.17, 15) is 14.7 Å². The standard InChI is InChI=1S/C24H44O4/c1-3-5-6-7-8-9-10-11-12-13-14-15-16-17-18-19-22(24(26)27)21-23(25)28-20-4-2/h18-19,22H,3-17,20-21H2,1-2H3,(H,26,27)/b19-18+. The van der Waals surface area contributed by atoms with E-state index in [1.54, 1.807) is 6.08 Å². The predicted octanol–water partition coefficient (Wildman–Crippen LogP) is 7.07. The zero-order valence-electron chi connectivity index (χ0n) is 18.4. The Morgan fingerprint density at radius 1 is 0.786 bits per heavy atom. The molecule has 0 aromatic heterocycles. The molecule has 0 saturated heterocycles. The summed E-state index contributed by atoms with van der Waals surface area (Å²) >= 11 is 0. The van der Waals surface area contributed by atoms with Crippen molar-refractivity contribution in [3.63, 3.8) is 0 Å². The fourth-order valence-corrected chi connectivity index (χ4v) is 3.23. The van der Waals surface area contributed by atoms with E-state index in [1.807, 2.05) is 13.0 Å². The zero-order chi connectivity index (χ0) is 20.9. The second-order valence-electron chi connectivity index (χ2n) is 7.83. The average Bonchev–Trinajstić information content (AvgIpc) is 2.68. The van der Waals surface area contributed by atoms with Gasteiger partial charge >= 0.3 is 11.9 Å². The van der Waals surface area contributed by atoms with E-state index < -0.39 is 17.9 Å². The number of aliphatic carboxylic acids is 1. The molecule has 1 atom stereocenters. The highest BCUT2D eigenvalue weighted by atomic mass is 16.5. The summed E-state index contributed by atoms with van der Waals surface area (Å²) in [6.07, 6.45) is 22.3. The molecule has 164 valence electrons. The van der Waals surface area contributed by atoms with Gasteiger partial charge in [0.2, 0.25) is 0 Å². The Labute approximate surface area is 173 Å². The number of allylic oxidation sites excluding steroid dienone is 1. The van der Waals surface area contributed by atoms with Crippen LogP contribution in [0.3, 0.4) is 0 Å². The molecule has 0 fully saturated rings. The molecule has 0 radical (unpaired) electrons. The summed E-state index contributed by atoms with van der Waals surface area (Å²) < 4.78 is 4.96. The van der Waals surface area contributed by atoms with Gasteiger partial charge in [-0.15, -0.1) is 0 Å². The first kappa shape index (κ1) is 26.7. The lowest BCUT2D eigenvalue weighted by Gasteiger charge is -2.07. The molecule has 4 nitrogen and oxygen atoms in total. The molecule has 0 aliphatic carbocycles. The predicted molar refractivity (Wildman–Crippen MR) is 116 cm³/mol. The van der Waals surface area contributed by atoms with Gasteiger partial charge in [-0.25, -0.2) is 0 Å². The molecular weight excluding hydrogens is 352 g/mol. The number of rotatable bonds is 20. The van der Waals surface area contributed by atoms with Crippen molar-refractivity contribution < 1.29 is 19.4 Å². The summed E-state index contributed by atoms with van der Waals surface area (Å²) in [6.45, 7) is 4.53. The highest BCUT2D eigenvalue weighted by molar-refractivity contribution is 5.80. The zero-order valence-corrected chi connectivity index (χ0v) is 18.4. The van der Waals surface area contributed by atoms with E-state index >= 15 is 0 Å². The number of ether oxygens (including phenoxy) is 1. The maximum absolute atomic E-state index is 11.6. The molecular formula is C24H44O4. The molecule has 4 heteroatoms. The first-order valence-corrected chi connectivity index (χ1v) is 11.7. The molecule has 1 unspecified atom stereocenters. The number of carbonyl (C=O) groups is 2. The van der Waals surface area contributed by atoms with Crippen LogP contribution in [0.2, 0.25) is 0 Å². The van der Waals surface area contributed by atoms with Crippen molar-refractivity contribution in [2.24, 2.45) is 5.92 Å². The van der Waals surface area contributed by atoms with Crippen LogP contribution >= 0.6 is 0 Å². The van der Waals surface area contributed by atoms with Crippen LogP contribution in [-0.4, -0.2) is 23.7 Å². The second kappa shape index (κ2) is 20.4. The number of hydrogen-bond acceptors (Lipinski definition) is 3. The van der Waals surface area contributed by atoms with E-state index in [1.165, 1.54) is 77.0 Å². The van der Waals surface area contributed by atoms with Gasteiger partial charge in [0.1, 0.15) is 0 Å². The Morgan fingerprint density at radius 3 is 1.75 bits per heavy atom. The Morgan fingerprint density at radius 2 is 1.29 bits per heavy atom. The van der Waals surface area contributed by atoms with Crippen LogP contribution in [0.1, 0.15) is 117 Å². The third-order valence-electron chi connectivity index (χ3n) is 5.01. The van der Waals surface area contributed by atoms with Crippen molar-refractivity contribution in [3.8, 4) is 0 Å². The largest absolute Gasteiger partial charge is 0.481 e. The molecule has 1 N–H and O–H groups in total. The molecule has 0 aromatic carbocycles. The highest BCUT2D eigenvalue weighted by Crippen LogP contribution is 2.14. The number of carboxylic acids is 1. The van der Waals surface area contributed by atoms with Crippen molar-refractivity contribution >= 4 is 11.9 Å². The van der Waals surface area contributed by atoms with Crippen LogP contribution in [0.4, 0.5) is 0 Å². The van der Waals surface area contributed by atoms with Gasteiger partial charge in [-0.3, -0.25) is 9.59 Å². The summed E-state index contributed by atoms with van der Waals surface area (Å²) in [7, 11) is 0. The van der Waals surface area contributed by atoms with Gasteiger partial charge in [0.05, 0.1) is 18.9 Å². The number of unbranched alkanes of at least 4 members (excludes halogenated alkanes) is 13. The minimum Gasteiger partial charge on any atom is -0.481 e. The van der Waals surface area contributed by atoms with Gasteiger partial charge in [-0.05, 0) is 19.3 Å². The Balaban J connectivity index is 3.56. The lowest BCUT2D eigenvalue weighted by atomic mass is 10.0. The SMILES string of the molecule is CCCCCCCCCCCCCCC/C=C/C(CC(=O)OCCC)C(=O)O. The Hall–Kier alpha value is -1.32. The number of carbonyl (C=O) groups excluding carboxylic acids is 1. The molecule has 0 spiro atoms. The quantitative estimate of drug-likeness (QED) is 0.136. The van der Waals surface area contributed by atoms with E-state index in [0.29, 0.717) is 6.61 Å². The van der Waals surface area contributed by atoms with E-state index in [4.69, 9.17) is 4.74 Å². The highest BCUT2D eigenvalue weighted by Gasteiger charge is 2.18. The van der Waals surface area contributed by atoms with Gasteiger partial charge in [-0.1, -0.05) is 103 Å². The monoisotopic (exact) mass is 396 g/mol. The van der Waals surface area contributed by atoms with Crippen molar-refractivity contribution in [1.29, 1.82) is 0 Å². The molecule has 0 amide bonds. The van der Waals surface area contributed by atoms with E-state index in [2.05, 4.69) is 6.92 Å². The molecule has 0 heterocycles. The van der Waals surface area contributed by atoms with E-state index in [-0.39, 0.29) is 6.42 Å². The van der Waals surface area contributed by atoms with Crippen LogP contribution < -0.4 is 0 Å². The maximum Gasteiger partial charge on any atom is 0.310 e. The first-order valence-electron chi connectivity index (χ1n) is 11.7. The molecule has 0 aliphatic rings. The molecule has 0 aromatic rings. The summed E-state index contributed by atoms with van der Waals surface area (Å²) in [5.74, 6) is -2.17. The van der Waals surface area contributed by atoms with E-state index in [0.717, 1.165) is 19.3 Å². The van der Waals surface area contributed by atoms with Crippen LogP contribution in [0.5, 0.6) is 0 Å². The second-order valence-corrected chi connectivity index (χ2v) is 7.83. The normalized spacial score (nSPS) is 12.4. The van der Waals surface area contributed by atoms with Crippen LogP contribution in [0.15, 0.2) is 12.2 Å². The number of carboxylic acid groups (broad SMARTS) is 1. The smallest absolute Gasteiger partial charge is 0.310 e. The summed E-state index contributed by atoms with van der Waals surface area (Å²) in [4.78, 5) is 22.8. The molecule has 0 saturated carbocycles. The maximum atomic E-state index is 11.6. The van der Waals surface area contributed by atoms with Crippen LogP contribution in [0.25, 0.3) is 0 Å². The topological polar surface area (TPSA) is 63.6 Å². The fraction of sp³-hybridized carbons (Fsp3) is 0.833. The number of esters is 1. The minimum absolute atomic E-state index is 0.0789. The first-order chi connectivity index (χ1) is 13.6. The molecule has 0 aliphatic heterocycles. The average molecular weight is 397 g/mol. The summed E-state index contributed by atoms with van der Waals surface area (Å²) in [6, 6.07) is 0. The number of hydrogen-bond donors (Lipinski definition) is 1. The van der Waals surface area contributed by atoms with Gasteiger partial charge in [0, 0.05) is 0 Å². The lowest BCUT2D eigenvalue weighted by Crippen LogP contribution is -2.17. The fourth-order valence-electron chi connectivity index (χ4n) is 3.23. The molecule has 0 rings (SSSR count). The third-order valence-corrected chi connectivity index (χ3v) is 5.01. The summed E-state index contributed by atoms with van der Waals surface area (Å²) in [5, 5.41) is 9.20. The lowest BCUT2D eigenvalue weighted by molar-refractivity contribution is -0.150. The van der Waals surface area contributed by atoms with Crippen molar-refractivity contribution in [3.05, 3.63) is 12.2 Å². The summed E-state index contributed by atoms with van der Waals surface area (Å²) in [5.41, 5.74) is 0. The Bertz CT molecular complexity index is 403. The van der Waals surface area contributed by atoms with Crippen LogP contribution in [0, 0.1) is 5.92 Å². The molecule has 0 bridgehead atoms. The van der Waals surface area contributed by atoms with Crippen molar-refractivity contribution in [2.45, 2.75) is 117 Å². The van der Waals surface area contributed by atoms with Crippen LogP contribution in [-0.2, 0) is 14.3 Å². The van der Waals surface area contributed by atoms with Crippen molar-refractivity contribution in [1.82, 2.24) is 0 Å². The van der Waals surface area contributed by atoms with Gasteiger partial charge < -0.3 is 9.84 Å². The van der Waals surface area contributed by atoms with Gasteiger partial charge in [0.25, 0.3) is 0 Å². The molecule has 28 heavy (non-hydrogen) atoms. The Kier molecular flexibility index (Phi) is 19.5. The van der Waals surface area contributed by atoms with Crippen molar-refractivity contribution in [2.75, 3.05) is 6.61 Å². The minimum atomic E-state index is -0.963.